The number of hydrogen-bond donors (Lipinski definition) is 1. The highest BCUT2D eigenvalue weighted by Gasteiger charge is 2.76. The van der Waals surface area contributed by atoms with E-state index in [2.05, 4.69) is 0 Å². The first kappa shape index (κ1) is 23.4. The number of aromatic hydroxyl groups is 1. The second kappa shape index (κ2) is 7.56. The normalized spacial score (nSPS) is 37.0. The summed E-state index contributed by atoms with van der Waals surface area (Å²) in [4.78, 5) is 51.8. The minimum Gasteiger partial charge on any atom is -0.507 e. The summed E-state index contributed by atoms with van der Waals surface area (Å²) in [6.07, 6.45) is 2.80. The van der Waals surface area contributed by atoms with E-state index in [1.807, 2.05) is 13.0 Å². The zero-order valence-corrected chi connectivity index (χ0v) is 20.7. The van der Waals surface area contributed by atoms with Gasteiger partial charge in [0, 0.05) is 25.1 Å². The lowest BCUT2D eigenvalue weighted by atomic mass is 9.56. The van der Waals surface area contributed by atoms with Gasteiger partial charge in [-0.1, -0.05) is 36.8 Å². The Morgan fingerprint density at radius 1 is 1.09 bits per heavy atom. The quantitative estimate of drug-likeness (QED) is 0.387. The van der Waals surface area contributed by atoms with Crippen molar-refractivity contribution in [3.05, 3.63) is 41.0 Å². The fourth-order valence-corrected chi connectivity index (χ4v) is 7.52. The number of amides is 4. The van der Waals surface area contributed by atoms with Gasteiger partial charge in [-0.25, -0.2) is 0 Å². The molecule has 0 radical (unpaired) electrons. The lowest BCUT2D eigenvalue weighted by Gasteiger charge is -2.50. The molecule has 9 heteroatoms. The first-order chi connectivity index (χ1) is 16.0. The van der Waals surface area contributed by atoms with Crippen LogP contribution in [0.4, 0.5) is 0 Å². The van der Waals surface area contributed by atoms with E-state index >= 15 is 0 Å². The average Bonchev–Trinajstić information content (AvgIpc) is 3.12. The standard InChI is InChI=1S/C25H26Cl2N2O5/c1-4-10-29-20(31)14-9-8-13-16(17(14)21(29)32)11-24(26)22(33)28(3)23(34)25(24,27)18(13)15-7-5-6-12(2)19(15)30/h5-8,14,16-18,30H,4,9-11H2,1-3H3. The molecular weight excluding hydrogens is 479 g/mol. The summed E-state index contributed by atoms with van der Waals surface area (Å²) in [6, 6.07) is 5.15. The van der Waals surface area contributed by atoms with E-state index in [0.717, 1.165) is 4.90 Å². The number of aryl methyl sites for hydroxylation is 1. The number of imide groups is 2. The Labute approximate surface area is 207 Å². The molecule has 2 aliphatic carbocycles. The number of benzene rings is 1. The SMILES string of the molecule is CCCN1C(=O)C2CC=C3C(CC4(Cl)C(=O)N(C)C(=O)C4(Cl)C3c3cccc(C)c3O)C2C1=O. The lowest BCUT2D eigenvalue weighted by Crippen LogP contribution is -2.60. The number of allylic oxidation sites excluding steroid dienone is 2. The summed E-state index contributed by atoms with van der Waals surface area (Å²) in [6.45, 7) is 3.97. The third-order valence-corrected chi connectivity index (χ3v) is 9.55. The number of para-hydroxylation sites is 1. The summed E-state index contributed by atoms with van der Waals surface area (Å²) >= 11 is 14.1. The van der Waals surface area contributed by atoms with Crippen LogP contribution in [-0.2, 0) is 19.2 Å². The maximum absolute atomic E-state index is 13.5. The Kier molecular flexibility index (Phi) is 5.19. The molecule has 1 aromatic carbocycles. The van der Waals surface area contributed by atoms with Crippen molar-refractivity contribution in [3.63, 3.8) is 0 Å². The van der Waals surface area contributed by atoms with Gasteiger partial charge in [0.25, 0.3) is 11.8 Å². The van der Waals surface area contributed by atoms with E-state index in [9.17, 15) is 24.3 Å². The summed E-state index contributed by atoms with van der Waals surface area (Å²) in [7, 11) is 1.35. The highest BCUT2D eigenvalue weighted by atomic mass is 35.5. The number of carbonyl (C=O) groups excluding carboxylic acids is 4. The Bertz CT molecular complexity index is 1180. The molecule has 4 aliphatic rings. The van der Waals surface area contributed by atoms with Crippen molar-refractivity contribution in [2.75, 3.05) is 13.6 Å². The molecule has 34 heavy (non-hydrogen) atoms. The Hall–Kier alpha value is -2.38. The third-order valence-electron chi connectivity index (χ3n) is 8.13. The first-order valence-corrected chi connectivity index (χ1v) is 12.3. The van der Waals surface area contributed by atoms with Gasteiger partial charge in [0.1, 0.15) is 5.75 Å². The summed E-state index contributed by atoms with van der Waals surface area (Å²) in [5, 5.41) is 11.0. The van der Waals surface area contributed by atoms with E-state index < -0.39 is 45.2 Å². The van der Waals surface area contributed by atoms with Crippen LogP contribution in [0.1, 0.15) is 43.2 Å². The van der Waals surface area contributed by atoms with E-state index in [-0.39, 0.29) is 24.0 Å². The molecule has 0 spiro atoms. The predicted molar refractivity (Wildman–Crippen MR) is 125 cm³/mol. The molecule has 3 fully saturated rings. The predicted octanol–water partition coefficient (Wildman–Crippen LogP) is 3.10. The van der Waals surface area contributed by atoms with Crippen molar-refractivity contribution in [3.8, 4) is 5.75 Å². The highest BCUT2D eigenvalue weighted by Crippen LogP contribution is 2.66. The molecule has 2 saturated heterocycles. The number of likely N-dealkylation sites (tertiary alicyclic amines) is 2. The largest absolute Gasteiger partial charge is 0.507 e. The van der Waals surface area contributed by atoms with Crippen molar-refractivity contribution in [1.29, 1.82) is 0 Å². The van der Waals surface area contributed by atoms with Crippen molar-refractivity contribution in [2.45, 2.75) is 48.8 Å². The Morgan fingerprint density at radius 2 is 1.79 bits per heavy atom. The van der Waals surface area contributed by atoms with Crippen molar-refractivity contribution < 1.29 is 24.3 Å². The van der Waals surface area contributed by atoms with Crippen LogP contribution in [0.15, 0.2) is 29.8 Å². The molecule has 1 saturated carbocycles. The molecule has 1 aromatic rings. The molecule has 180 valence electrons. The Morgan fingerprint density at radius 3 is 2.47 bits per heavy atom. The number of phenols is 1. The van der Waals surface area contributed by atoms with Gasteiger partial charge in [-0.2, -0.15) is 0 Å². The van der Waals surface area contributed by atoms with Crippen LogP contribution in [0.5, 0.6) is 5.75 Å². The summed E-state index contributed by atoms with van der Waals surface area (Å²) < 4.78 is 0. The van der Waals surface area contributed by atoms with Crippen LogP contribution >= 0.6 is 23.2 Å². The number of fused-ring (bicyclic) bond motifs is 4. The number of rotatable bonds is 3. The minimum absolute atomic E-state index is 0.0357. The molecule has 7 nitrogen and oxygen atoms in total. The van der Waals surface area contributed by atoms with Crippen LogP contribution in [0.2, 0.25) is 0 Å². The van der Waals surface area contributed by atoms with Crippen molar-refractivity contribution >= 4 is 46.8 Å². The number of alkyl halides is 2. The summed E-state index contributed by atoms with van der Waals surface area (Å²) in [5.74, 6) is -4.49. The van der Waals surface area contributed by atoms with Gasteiger partial charge < -0.3 is 5.11 Å². The average molecular weight is 505 g/mol. The molecule has 2 aliphatic heterocycles. The smallest absolute Gasteiger partial charge is 0.253 e. The fraction of sp³-hybridized carbons (Fsp3) is 0.520. The third kappa shape index (κ3) is 2.65. The second-order valence-corrected chi connectivity index (χ2v) is 11.1. The number of carbonyl (C=O) groups is 4. The van der Waals surface area contributed by atoms with Crippen LogP contribution in [-0.4, -0.2) is 61.9 Å². The molecule has 1 N–H and O–H groups in total. The van der Waals surface area contributed by atoms with Gasteiger partial charge in [0.2, 0.25) is 11.8 Å². The second-order valence-electron chi connectivity index (χ2n) is 9.84. The molecule has 2 heterocycles. The highest BCUT2D eigenvalue weighted by molar-refractivity contribution is 6.53. The number of halogens is 2. The lowest BCUT2D eigenvalue weighted by molar-refractivity contribution is -0.141. The van der Waals surface area contributed by atoms with E-state index in [0.29, 0.717) is 36.1 Å². The van der Waals surface area contributed by atoms with Gasteiger partial charge in [0.05, 0.1) is 11.8 Å². The van der Waals surface area contributed by atoms with Crippen LogP contribution in [0.25, 0.3) is 0 Å². The Balaban J connectivity index is 1.74. The summed E-state index contributed by atoms with van der Waals surface area (Å²) in [5.41, 5.74) is 1.65. The molecule has 4 amide bonds. The van der Waals surface area contributed by atoms with Crippen LogP contribution in [0.3, 0.4) is 0 Å². The van der Waals surface area contributed by atoms with Gasteiger partial charge in [-0.3, -0.25) is 29.0 Å². The number of hydrogen-bond acceptors (Lipinski definition) is 5. The zero-order chi connectivity index (χ0) is 24.7. The van der Waals surface area contributed by atoms with Gasteiger partial charge >= 0.3 is 0 Å². The van der Waals surface area contributed by atoms with E-state index in [1.165, 1.54) is 11.9 Å². The molecule has 0 bridgehead atoms. The van der Waals surface area contributed by atoms with Crippen LogP contribution in [0, 0.1) is 24.7 Å². The van der Waals surface area contributed by atoms with Gasteiger partial charge in [0.15, 0.2) is 9.75 Å². The fourth-order valence-electron chi connectivity index (χ4n) is 6.51. The van der Waals surface area contributed by atoms with Gasteiger partial charge in [-0.15, -0.1) is 23.2 Å². The van der Waals surface area contributed by atoms with Crippen molar-refractivity contribution in [2.24, 2.45) is 17.8 Å². The molecule has 6 atom stereocenters. The zero-order valence-electron chi connectivity index (χ0n) is 19.2. The van der Waals surface area contributed by atoms with Crippen LogP contribution < -0.4 is 0 Å². The van der Waals surface area contributed by atoms with Gasteiger partial charge in [-0.05, 0) is 37.7 Å². The maximum Gasteiger partial charge on any atom is 0.253 e. The molecule has 5 rings (SSSR count). The van der Waals surface area contributed by atoms with E-state index in [1.54, 1.807) is 25.1 Å². The topological polar surface area (TPSA) is 95.0 Å². The molecule has 6 unspecified atom stereocenters. The molecule has 0 aromatic heterocycles. The number of nitrogens with zero attached hydrogens (tertiary/aromatic N) is 2. The van der Waals surface area contributed by atoms with E-state index in [4.69, 9.17) is 23.2 Å². The first-order valence-electron chi connectivity index (χ1n) is 11.5. The van der Waals surface area contributed by atoms with Crippen molar-refractivity contribution in [1.82, 2.24) is 9.80 Å². The monoisotopic (exact) mass is 504 g/mol. The maximum atomic E-state index is 13.5. The number of phenolic OH excluding ortho intramolecular Hbond substituents is 1. The minimum atomic E-state index is -1.88. The molecular formula is C25H26Cl2N2O5.